The van der Waals surface area contributed by atoms with Gasteiger partial charge in [0.15, 0.2) is 0 Å². The van der Waals surface area contributed by atoms with Crippen LogP contribution in [0.2, 0.25) is 0 Å². The lowest BCUT2D eigenvalue weighted by molar-refractivity contribution is 0.662. The molecule has 10 aromatic carbocycles. The van der Waals surface area contributed by atoms with E-state index in [4.69, 9.17) is 0 Å². The fraction of sp³-hybridized carbons (Fsp3) is 0.0476. The standard InChI is InChI=1S/C63H49N5/c1-63(2)59-29-16-15-26-53(59)55-27-17-28-56(61(55)63)58-41-46(65-44-32-37-52(38-33-44)68(49-22-11-5-12-23-49)50-24-13-6-14-25-50)40-57-54-39-34-45(42-60(54)66-62(57)58)64-43-30-35-51(36-31-43)67(47-18-7-3-8-19-47)48-20-9-4-10-21-48/h3-42,64-66H,1-2H3. The first-order chi connectivity index (χ1) is 33.5. The highest BCUT2D eigenvalue weighted by atomic mass is 15.1. The third kappa shape index (κ3) is 7.31. The van der Waals surface area contributed by atoms with E-state index in [-0.39, 0.29) is 5.41 Å². The molecule has 5 heteroatoms. The Morgan fingerprint density at radius 1 is 0.338 bits per heavy atom. The number of aromatic amines is 1. The van der Waals surface area contributed by atoms with E-state index >= 15 is 0 Å². The van der Waals surface area contributed by atoms with Crippen molar-refractivity contribution in [3.05, 3.63) is 254 Å². The summed E-state index contributed by atoms with van der Waals surface area (Å²) in [5.74, 6) is 0. The van der Waals surface area contributed by atoms with Gasteiger partial charge in [-0.15, -0.1) is 0 Å². The molecule has 5 nitrogen and oxygen atoms in total. The highest BCUT2D eigenvalue weighted by Gasteiger charge is 2.37. The van der Waals surface area contributed by atoms with Crippen molar-refractivity contribution in [2.75, 3.05) is 20.4 Å². The van der Waals surface area contributed by atoms with Gasteiger partial charge in [-0.3, -0.25) is 0 Å². The molecular formula is C63H49N5. The van der Waals surface area contributed by atoms with Crippen molar-refractivity contribution in [1.29, 1.82) is 0 Å². The van der Waals surface area contributed by atoms with Crippen LogP contribution in [0, 0.1) is 0 Å². The van der Waals surface area contributed by atoms with Gasteiger partial charge < -0.3 is 25.4 Å². The second-order valence-electron chi connectivity index (χ2n) is 18.1. The summed E-state index contributed by atoms with van der Waals surface area (Å²) in [7, 11) is 0. The Balaban J connectivity index is 0.921. The van der Waals surface area contributed by atoms with Crippen LogP contribution in [0.5, 0.6) is 0 Å². The van der Waals surface area contributed by atoms with Crippen LogP contribution in [0.1, 0.15) is 25.0 Å². The van der Waals surface area contributed by atoms with Crippen molar-refractivity contribution in [1.82, 2.24) is 4.98 Å². The maximum atomic E-state index is 3.93. The van der Waals surface area contributed by atoms with Gasteiger partial charge in [0.2, 0.25) is 0 Å². The first kappa shape index (κ1) is 40.7. The highest BCUT2D eigenvalue weighted by molar-refractivity contribution is 6.14. The second-order valence-corrected chi connectivity index (χ2v) is 18.1. The SMILES string of the molecule is CC1(C)c2ccccc2-c2cccc(-c3cc(Nc4ccc(N(c5ccccc5)c5ccccc5)cc4)cc4c3[nH]c3cc(Nc5ccc(N(c6ccccc6)c6ccccc6)cc5)ccc34)c21. The zero-order valence-electron chi connectivity index (χ0n) is 38.0. The summed E-state index contributed by atoms with van der Waals surface area (Å²) in [6.07, 6.45) is 0. The lowest BCUT2D eigenvalue weighted by Crippen LogP contribution is -2.16. The summed E-state index contributed by atoms with van der Waals surface area (Å²) < 4.78 is 0. The molecule has 0 radical (unpaired) electrons. The number of hydrogen-bond donors (Lipinski definition) is 3. The second kappa shape index (κ2) is 16.9. The minimum absolute atomic E-state index is 0.185. The van der Waals surface area contributed by atoms with Gasteiger partial charge in [-0.1, -0.05) is 135 Å². The number of para-hydroxylation sites is 4. The van der Waals surface area contributed by atoms with E-state index in [2.05, 4.69) is 282 Å². The molecule has 1 aromatic heterocycles. The van der Waals surface area contributed by atoms with Crippen LogP contribution >= 0.6 is 0 Å². The molecule has 0 bridgehead atoms. The van der Waals surface area contributed by atoms with Crippen LogP contribution in [0.4, 0.5) is 56.9 Å². The Morgan fingerprint density at radius 3 is 1.29 bits per heavy atom. The third-order valence-corrected chi connectivity index (χ3v) is 13.5. The molecule has 68 heavy (non-hydrogen) atoms. The highest BCUT2D eigenvalue weighted by Crippen LogP contribution is 2.53. The predicted octanol–water partition coefficient (Wildman–Crippen LogP) is 17.7. The number of rotatable bonds is 11. The van der Waals surface area contributed by atoms with E-state index in [9.17, 15) is 0 Å². The Hall–Kier alpha value is -8.80. The zero-order valence-corrected chi connectivity index (χ0v) is 38.0. The van der Waals surface area contributed by atoms with Crippen LogP contribution in [0.3, 0.4) is 0 Å². The Bertz CT molecular complexity index is 3490. The largest absolute Gasteiger partial charge is 0.355 e. The first-order valence-corrected chi connectivity index (χ1v) is 23.3. The molecule has 12 rings (SSSR count). The Kier molecular flexibility index (Phi) is 10.1. The third-order valence-electron chi connectivity index (χ3n) is 13.5. The minimum Gasteiger partial charge on any atom is -0.355 e. The molecular weight excluding hydrogens is 827 g/mol. The maximum absolute atomic E-state index is 3.93. The van der Waals surface area contributed by atoms with Gasteiger partial charge in [-0.25, -0.2) is 0 Å². The van der Waals surface area contributed by atoms with Crippen LogP contribution < -0.4 is 20.4 Å². The summed E-state index contributed by atoms with van der Waals surface area (Å²) in [5, 5.41) is 9.88. The number of anilines is 10. The molecule has 1 heterocycles. The number of nitrogens with zero attached hydrogens (tertiary/aromatic N) is 2. The molecule has 0 fully saturated rings. The van der Waals surface area contributed by atoms with Gasteiger partial charge >= 0.3 is 0 Å². The van der Waals surface area contributed by atoms with Crippen LogP contribution in [0.15, 0.2) is 243 Å². The topological polar surface area (TPSA) is 46.3 Å². The van der Waals surface area contributed by atoms with Gasteiger partial charge in [0.25, 0.3) is 0 Å². The molecule has 0 unspecified atom stereocenters. The van der Waals surface area contributed by atoms with Crippen molar-refractivity contribution < 1.29 is 0 Å². The van der Waals surface area contributed by atoms with E-state index in [0.717, 1.165) is 67.9 Å². The van der Waals surface area contributed by atoms with Crippen molar-refractivity contribution in [3.63, 3.8) is 0 Å². The van der Waals surface area contributed by atoms with Gasteiger partial charge in [0, 0.05) is 84.1 Å². The van der Waals surface area contributed by atoms with Crippen LogP contribution in [-0.4, -0.2) is 4.98 Å². The molecule has 326 valence electrons. The van der Waals surface area contributed by atoms with Crippen molar-refractivity contribution in [3.8, 4) is 22.3 Å². The van der Waals surface area contributed by atoms with Crippen molar-refractivity contribution in [2.45, 2.75) is 19.3 Å². The lowest BCUT2D eigenvalue weighted by atomic mass is 9.78. The zero-order chi connectivity index (χ0) is 45.6. The molecule has 0 aliphatic heterocycles. The molecule has 0 saturated carbocycles. The van der Waals surface area contributed by atoms with Gasteiger partial charge in [-0.05, 0) is 149 Å². The predicted molar refractivity (Wildman–Crippen MR) is 288 cm³/mol. The number of nitrogens with one attached hydrogen (secondary N) is 3. The number of aromatic nitrogens is 1. The quantitative estimate of drug-likeness (QED) is 0.121. The molecule has 1 aliphatic carbocycles. The van der Waals surface area contributed by atoms with E-state index < -0.39 is 0 Å². The van der Waals surface area contributed by atoms with Gasteiger partial charge in [0.1, 0.15) is 0 Å². The number of fused-ring (bicyclic) bond motifs is 6. The van der Waals surface area contributed by atoms with E-state index in [1.165, 1.54) is 44.2 Å². The normalized spacial score (nSPS) is 12.4. The lowest BCUT2D eigenvalue weighted by Gasteiger charge is -2.25. The molecule has 0 spiro atoms. The number of benzene rings is 10. The smallest absolute Gasteiger partial charge is 0.0546 e. The number of H-pyrrole nitrogens is 1. The summed E-state index contributed by atoms with van der Waals surface area (Å²) in [5.41, 5.74) is 20.4. The number of hydrogen-bond acceptors (Lipinski definition) is 4. The fourth-order valence-electron chi connectivity index (χ4n) is 10.4. The molecule has 0 atom stereocenters. The molecule has 11 aromatic rings. The summed E-state index contributed by atoms with van der Waals surface area (Å²) in [6, 6.07) is 86.5. The van der Waals surface area contributed by atoms with Crippen molar-refractivity contribution >= 4 is 78.7 Å². The monoisotopic (exact) mass is 875 g/mol. The van der Waals surface area contributed by atoms with E-state index in [1.54, 1.807) is 0 Å². The average Bonchev–Trinajstić information content (AvgIpc) is 3.87. The first-order valence-electron chi connectivity index (χ1n) is 23.3. The Labute approximate surface area is 397 Å². The van der Waals surface area contributed by atoms with E-state index in [1.807, 2.05) is 0 Å². The van der Waals surface area contributed by atoms with Gasteiger partial charge in [0.05, 0.1) is 5.52 Å². The molecule has 0 saturated heterocycles. The van der Waals surface area contributed by atoms with Crippen LogP contribution in [-0.2, 0) is 5.41 Å². The van der Waals surface area contributed by atoms with Crippen LogP contribution in [0.25, 0.3) is 44.1 Å². The van der Waals surface area contributed by atoms with Crippen molar-refractivity contribution in [2.24, 2.45) is 0 Å². The molecule has 3 N–H and O–H groups in total. The summed E-state index contributed by atoms with van der Waals surface area (Å²) in [6.45, 7) is 4.74. The fourth-order valence-corrected chi connectivity index (χ4v) is 10.4. The Morgan fingerprint density at radius 2 is 0.765 bits per heavy atom. The van der Waals surface area contributed by atoms with Gasteiger partial charge in [-0.2, -0.15) is 0 Å². The molecule has 1 aliphatic rings. The minimum atomic E-state index is -0.185. The summed E-state index contributed by atoms with van der Waals surface area (Å²) in [4.78, 5) is 8.51. The summed E-state index contributed by atoms with van der Waals surface area (Å²) >= 11 is 0. The average molecular weight is 876 g/mol. The maximum Gasteiger partial charge on any atom is 0.0546 e. The molecule has 0 amide bonds. The van der Waals surface area contributed by atoms with E-state index in [0.29, 0.717) is 0 Å².